The summed E-state index contributed by atoms with van der Waals surface area (Å²) in [5, 5.41) is 10.7. The van der Waals surface area contributed by atoms with Gasteiger partial charge in [-0.25, -0.2) is 9.13 Å². The molecule has 0 aromatic rings. The van der Waals surface area contributed by atoms with Gasteiger partial charge in [0, 0.05) is 25.7 Å². The van der Waals surface area contributed by atoms with Gasteiger partial charge in [-0.1, -0.05) is 396 Å². The van der Waals surface area contributed by atoms with E-state index in [2.05, 4.69) is 55.4 Å². The molecule has 0 aliphatic heterocycles. The van der Waals surface area contributed by atoms with Crippen molar-refractivity contribution in [3.63, 3.8) is 0 Å². The molecule has 0 radical (unpaired) electrons. The van der Waals surface area contributed by atoms with E-state index in [1.807, 2.05) is 0 Å². The molecule has 0 aromatic heterocycles. The smallest absolute Gasteiger partial charge is 0.462 e. The third-order valence-corrected chi connectivity index (χ3v) is 22.3. The number of aliphatic hydroxyl groups is 1. The lowest BCUT2D eigenvalue weighted by Gasteiger charge is -2.21. The van der Waals surface area contributed by atoms with E-state index in [1.165, 1.54) is 244 Å². The van der Waals surface area contributed by atoms with Gasteiger partial charge in [0.1, 0.15) is 19.3 Å². The molecule has 624 valence electrons. The van der Waals surface area contributed by atoms with Crippen molar-refractivity contribution >= 4 is 39.5 Å². The first-order valence-electron chi connectivity index (χ1n) is 44.2. The van der Waals surface area contributed by atoms with Gasteiger partial charge < -0.3 is 33.8 Å². The fourth-order valence-electron chi connectivity index (χ4n) is 13.3. The van der Waals surface area contributed by atoms with Crippen molar-refractivity contribution in [1.29, 1.82) is 0 Å². The van der Waals surface area contributed by atoms with Crippen molar-refractivity contribution in [1.82, 2.24) is 0 Å². The molecule has 105 heavy (non-hydrogen) atoms. The number of phosphoric acid groups is 2. The number of aliphatic hydroxyl groups excluding tert-OH is 1. The highest BCUT2D eigenvalue weighted by Crippen LogP contribution is 2.45. The predicted octanol–water partition coefficient (Wildman–Crippen LogP) is 25.9. The number of rotatable bonds is 83. The first-order valence-corrected chi connectivity index (χ1v) is 47.2. The van der Waals surface area contributed by atoms with E-state index in [1.54, 1.807) is 0 Å². The minimum Gasteiger partial charge on any atom is -0.462 e. The molecular weight excluding hydrogens is 1370 g/mol. The SMILES string of the molecule is CCC(C)CCCCCCCCCCCCCCCCC(=O)O[C@H](COC(=O)CCCCCCCCC(C)C)COP(=O)(O)OC[C@H](O)COP(=O)(O)OC[C@@H](COC(=O)CCCCCCCCCCCCCCCCCCCCC(C)C)OC(=O)CCCCCCCCCCCCCCCCC(C)C. The summed E-state index contributed by atoms with van der Waals surface area (Å²) in [6.07, 6.45) is 64.0. The zero-order valence-corrected chi connectivity index (χ0v) is 71.2. The Hall–Kier alpha value is -1.94. The standard InChI is InChI=1S/C86H168O17P2/c1-9-79(8)65-57-49-40-34-28-22-17-19-25-31-37-43-53-61-69-86(91)103-82(73-97-84(89)67-59-51-45-44-48-56-64-78(6)7)75-101-105(94,95)99-71-80(87)70-98-104(92,93)100-74-81(102-85(90)68-60-52-42-36-30-24-18-16-21-27-33-39-47-55-63-77(4)5)72-96-83(88)66-58-50-41-35-29-23-15-13-11-10-12-14-20-26-32-38-46-54-62-76(2)3/h76-82,87H,9-75H2,1-8H3,(H,92,93)(H,94,95)/t79?,80-,81-,82-/m1/s1. The van der Waals surface area contributed by atoms with Crippen molar-refractivity contribution in [2.75, 3.05) is 39.6 Å². The summed E-state index contributed by atoms with van der Waals surface area (Å²) in [5.41, 5.74) is 0. The number of ether oxygens (including phenoxy) is 4. The number of hydrogen-bond acceptors (Lipinski definition) is 15. The number of unbranched alkanes of at least 4 members (excludes halogenated alkanes) is 48. The molecule has 3 unspecified atom stereocenters. The maximum absolute atomic E-state index is 13.1. The van der Waals surface area contributed by atoms with Gasteiger partial charge in [0.15, 0.2) is 12.2 Å². The quantitative estimate of drug-likeness (QED) is 0.0222. The molecule has 0 aliphatic carbocycles. The lowest BCUT2D eigenvalue weighted by atomic mass is 9.99. The van der Waals surface area contributed by atoms with Crippen LogP contribution in [0.4, 0.5) is 0 Å². The van der Waals surface area contributed by atoms with Crippen molar-refractivity contribution in [2.24, 2.45) is 23.7 Å². The summed E-state index contributed by atoms with van der Waals surface area (Å²) in [6.45, 7) is 14.3. The maximum atomic E-state index is 13.1. The van der Waals surface area contributed by atoms with Crippen LogP contribution in [0, 0.1) is 23.7 Å². The molecule has 19 heteroatoms. The number of esters is 4. The van der Waals surface area contributed by atoms with E-state index in [0.717, 1.165) is 114 Å². The lowest BCUT2D eigenvalue weighted by Crippen LogP contribution is -2.30. The van der Waals surface area contributed by atoms with Crippen LogP contribution in [0.5, 0.6) is 0 Å². The Morgan fingerprint density at radius 1 is 0.267 bits per heavy atom. The molecule has 6 atom stereocenters. The van der Waals surface area contributed by atoms with Crippen LogP contribution in [0.15, 0.2) is 0 Å². The highest BCUT2D eigenvalue weighted by molar-refractivity contribution is 7.47. The second kappa shape index (κ2) is 74.8. The summed E-state index contributed by atoms with van der Waals surface area (Å²) < 4.78 is 68.8. The second-order valence-corrected chi connectivity index (χ2v) is 35.5. The molecule has 0 amide bonds. The number of hydrogen-bond donors (Lipinski definition) is 3. The van der Waals surface area contributed by atoms with Gasteiger partial charge in [-0.3, -0.25) is 37.3 Å². The maximum Gasteiger partial charge on any atom is 0.472 e. The van der Waals surface area contributed by atoms with Crippen molar-refractivity contribution in [2.45, 2.75) is 465 Å². The van der Waals surface area contributed by atoms with Crippen molar-refractivity contribution in [3.05, 3.63) is 0 Å². The Morgan fingerprint density at radius 3 is 0.676 bits per heavy atom. The van der Waals surface area contributed by atoms with E-state index in [9.17, 15) is 43.2 Å². The first kappa shape index (κ1) is 103. The Balaban J connectivity index is 5.20. The topological polar surface area (TPSA) is 237 Å². The largest absolute Gasteiger partial charge is 0.472 e. The molecule has 0 aromatic carbocycles. The second-order valence-electron chi connectivity index (χ2n) is 32.6. The molecule has 0 fully saturated rings. The fraction of sp³-hybridized carbons (Fsp3) is 0.953. The summed E-state index contributed by atoms with van der Waals surface area (Å²) in [6, 6.07) is 0. The summed E-state index contributed by atoms with van der Waals surface area (Å²) >= 11 is 0. The van der Waals surface area contributed by atoms with Crippen LogP contribution >= 0.6 is 15.6 Å². The molecule has 0 heterocycles. The van der Waals surface area contributed by atoms with Gasteiger partial charge >= 0.3 is 39.5 Å². The van der Waals surface area contributed by atoms with Crippen molar-refractivity contribution in [3.8, 4) is 0 Å². The van der Waals surface area contributed by atoms with E-state index < -0.39 is 97.5 Å². The van der Waals surface area contributed by atoms with Crippen LogP contribution in [-0.4, -0.2) is 96.7 Å². The van der Waals surface area contributed by atoms with Crippen LogP contribution < -0.4 is 0 Å². The Labute approximate surface area is 645 Å². The van der Waals surface area contributed by atoms with Gasteiger partial charge in [-0.05, 0) is 49.4 Å². The summed E-state index contributed by atoms with van der Waals surface area (Å²) in [5.74, 6) is 1.03. The Bertz CT molecular complexity index is 2040. The molecule has 17 nitrogen and oxygen atoms in total. The lowest BCUT2D eigenvalue weighted by molar-refractivity contribution is -0.161. The van der Waals surface area contributed by atoms with Crippen LogP contribution in [0.2, 0.25) is 0 Å². The normalized spacial score (nSPS) is 14.2. The van der Waals surface area contributed by atoms with E-state index >= 15 is 0 Å². The zero-order chi connectivity index (χ0) is 77.4. The average molecular weight is 1540 g/mol. The molecule has 0 saturated heterocycles. The minimum absolute atomic E-state index is 0.106. The van der Waals surface area contributed by atoms with E-state index in [0.29, 0.717) is 31.6 Å². The van der Waals surface area contributed by atoms with Gasteiger partial charge in [0.2, 0.25) is 0 Å². The highest BCUT2D eigenvalue weighted by Gasteiger charge is 2.31. The molecule has 3 N–H and O–H groups in total. The van der Waals surface area contributed by atoms with E-state index in [4.69, 9.17) is 37.0 Å². The minimum atomic E-state index is -4.97. The fourth-order valence-corrected chi connectivity index (χ4v) is 14.9. The molecule has 0 saturated carbocycles. The monoisotopic (exact) mass is 1540 g/mol. The van der Waals surface area contributed by atoms with Gasteiger partial charge in [-0.2, -0.15) is 0 Å². The Morgan fingerprint density at radius 2 is 0.457 bits per heavy atom. The number of carbonyl (C=O) groups excluding carboxylic acids is 4. The van der Waals surface area contributed by atoms with Crippen LogP contribution in [0.3, 0.4) is 0 Å². The van der Waals surface area contributed by atoms with E-state index in [-0.39, 0.29) is 25.7 Å². The number of phosphoric ester groups is 2. The molecule has 0 aliphatic rings. The van der Waals surface area contributed by atoms with Gasteiger partial charge in [0.05, 0.1) is 26.4 Å². The molecule has 0 spiro atoms. The first-order chi connectivity index (χ1) is 50.6. The molecule has 0 bridgehead atoms. The van der Waals surface area contributed by atoms with Crippen molar-refractivity contribution < 1.29 is 80.2 Å². The average Bonchev–Trinajstić information content (AvgIpc) is 0.907. The molecular formula is C86H168O17P2. The van der Waals surface area contributed by atoms with Gasteiger partial charge in [0.25, 0.3) is 0 Å². The predicted molar refractivity (Wildman–Crippen MR) is 432 cm³/mol. The van der Waals surface area contributed by atoms with Crippen LogP contribution in [0.1, 0.15) is 447 Å². The van der Waals surface area contributed by atoms with Crippen LogP contribution in [-0.2, 0) is 65.4 Å². The third-order valence-electron chi connectivity index (χ3n) is 20.4. The third kappa shape index (κ3) is 78.5. The number of carbonyl (C=O) groups is 4. The molecule has 0 rings (SSSR count). The summed E-state index contributed by atoms with van der Waals surface area (Å²) in [7, 11) is -9.93. The Kier molecular flexibility index (Phi) is 73.4. The summed E-state index contributed by atoms with van der Waals surface area (Å²) in [4.78, 5) is 73.2. The highest BCUT2D eigenvalue weighted by atomic mass is 31.2. The van der Waals surface area contributed by atoms with Crippen LogP contribution in [0.25, 0.3) is 0 Å². The van der Waals surface area contributed by atoms with Gasteiger partial charge in [-0.15, -0.1) is 0 Å². The zero-order valence-electron chi connectivity index (χ0n) is 69.4.